The minimum atomic E-state index is -1.06. The highest BCUT2D eigenvalue weighted by atomic mass is 32.1. The number of aryl methyl sites for hydroxylation is 1. The molecule has 160 valence electrons. The Kier molecular flexibility index (Phi) is 8.73. The lowest BCUT2D eigenvalue weighted by Crippen LogP contribution is -2.42. The van der Waals surface area contributed by atoms with Crippen molar-refractivity contribution in [2.75, 3.05) is 0 Å². The van der Waals surface area contributed by atoms with Crippen LogP contribution in [-0.4, -0.2) is 34.7 Å². The van der Waals surface area contributed by atoms with Crippen molar-refractivity contribution in [3.05, 3.63) is 47.3 Å². The highest BCUT2D eigenvalue weighted by molar-refractivity contribution is 7.13. The monoisotopic (exact) mass is 430 g/mol. The van der Waals surface area contributed by atoms with E-state index in [1.807, 2.05) is 41.8 Å². The number of nitrogens with two attached hydrogens (primary N) is 1. The van der Waals surface area contributed by atoms with Crippen molar-refractivity contribution in [1.82, 2.24) is 5.32 Å². The van der Waals surface area contributed by atoms with Gasteiger partial charge >= 0.3 is 5.97 Å². The van der Waals surface area contributed by atoms with Crippen molar-refractivity contribution in [2.45, 2.75) is 45.1 Å². The SMILES string of the molecule is C[C@H](CC(=O)[C@H](CCC(=O)O)NC(=O)CCc1ccc(-c2cccs2)cc1)C(N)=O. The number of carboxylic acid groups (broad SMARTS) is 1. The number of hydrogen-bond acceptors (Lipinski definition) is 5. The van der Waals surface area contributed by atoms with Gasteiger partial charge in [0.05, 0.1) is 6.04 Å². The number of carbonyl (C=O) groups excluding carboxylic acids is 3. The van der Waals surface area contributed by atoms with E-state index in [4.69, 9.17) is 10.8 Å². The van der Waals surface area contributed by atoms with Crippen LogP contribution in [0.15, 0.2) is 41.8 Å². The molecule has 2 aromatic rings. The molecule has 1 aromatic carbocycles. The minimum Gasteiger partial charge on any atom is -0.481 e. The van der Waals surface area contributed by atoms with Gasteiger partial charge in [-0.1, -0.05) is 37.3 Å². The van der Waals surface area contributed by atoms with Gasteiger partial charge in [-0.3, -0.25) is 19.2 Å². The molecule has 2 atom stereocenters. The summed E-state index contributed by atoms with van der Waals surface area (Å²) in [7, 11) is 0. The number of nitrogens with one attached hydrogen (secondary N) is 1. The lowest BCUT2D eigenvalue weighted by Gasteiger charge is -2.18. The van der Waals surface area contributed by atoms with Crippen LogP contribution in [0.25, 0.3) is 10.4 Å². The van der Waals surface area contributed by atoms with Gasteiger partial charge in [0.15, 0.2) is 5.78 Å². The van der Waals surface area contributed by atoms with E-state index in [1.165, 1.54) is 11.8 Å². The van der Waals surface area contributed by atoms with Crippen LogP contribution in [0.3, 0.4) is 0 Å². The van der Waals surface area contributed by atoms with E-state index < -0.39 is 29.6 Å². The number of primary amides is 1. The molecule has 0 fully saturated rings. The summed E-state index contributed by atoms with van der Waals surface area (Å²) in [6, 6.07) is 11.0. The van der Waals surface area contributed by atoms with Gasteiger partial charge in [-0.25, -0.2) is 0 Å². The van der Waals surface area contributed by atoms with Crippen LogP contribution in [0.5, 0.6) is 0 Å². The van der Waals surface area contributed by atoms with E-state index in [9.17, 15) is 19.2 Å². The average molecular weight is 431 g/mol. The summed E-state index contributed by atoms with van der Waals surface area (Å²) in [4.78, 5) is 48.0. The number of carbonyl (C=O) groups is 4. The average Bonchev–Trinajstić information content (AvgIpc) is 3.24. The lowest BCUT2D eigenvalue weighted by atomic mass is 9.96. The minimum absolute atomic E-state index is 0.0269. The lowest BCUT2D eigenvalue weighted by molar-refractivity contribution is -0.138. The molecule has 2 amide bonds. The number of aliphatic carboxylic acids is 1. The van der Waals surface area contributed by atoms with Crippen molar-refractivity contribution in [3.63, 3.8) is 0 Å². The number of hydrogen-bond donors (Lipinski definition) is 3. The van der Waals surface area contributed by atoms with E-state index in [1.54, 1.807) is 11.3 Å². The molecule has 0 spiro atoms. The number of amides is 2. The second-order valence-corrected chi connectivity index (χ2v) is 8.15. The number of Topliss-reactive ketones (excluding diaryl/α,β-unsaturated/α-hetero) is 1. The van der Waals surface area contributed by atoms with Crippen LogP contribution < -0.4 is 11.1 Å². The summed E-state index contributed by atoms with van der Waals surface area (Å²) in [5, 5.41) is 13.5. The molecule has 0 aliphatic carbocycles. The second kappa shape index (κ2) is 11.3. The van der Waals surface area contributed by atoms with Crippen molar-refractivity contribution in [2.24, 2.45) is 11.7 Å². The van der Waals surface area contributed by atoms with Crippen molar-refractivity contribution < 1.29 is 24.3 Å². The Morgan fingerprint density at radius 3 is 2.37 bits per heavy atom. The molecule has 0 aliphatic heterocycles. The molecular weight excluding hydrogens is 404 g/mol. The standard InChI is InChI=1S/C22H26N2O5S/c1-14(22(23)29)13-18(25)17(9-11-21(27)28)24-20(26)10-6-15-4-7-16(8-5-15)19-3-2-12-30-19/h2-5,7-8,12,14,17H,6,9-11,13H2,1H3,(H2,23,29)(H,24,26)(H,27,28)/t14-,17+/m1/s1. The Morgan fingerprint density at radius 2 is 1.80 bits per heavy atom. The van der Waals surface area contributed by atoms with Gasteiger partial charge in [0.25, 0.3) is 0 Å². The Balaban J connectivity index is 1.91. The van der Waals surface area contributed by atoms with Gasteiger partial charge in [0.2, 0.25) is 11.8 Å². The molecule has 1 heterocycles. The first-order chi connectivity index (χ1) is 14.3. The maximum atomic E-state index is 12.4. The molecule has 4 N–H and O–H groups in total. The van der Waals surface area contributed by atoms with Crippen molar-refractivity contribution in [3.8, 4) is 10.4 Å². The van der Waals surface area contributed by atoms with E-state index in [0.717, 1.165) is 11.1 Å². The number of carboxylic acids is 1. The predicted octanol–water partition coefficient (Wildman–Crippen LogP) is 2.78. The van der Waals surface area contributed by atoms with Gasteiger partial charge < -0.3 is 16.2 Å². The van der Waals surface area contributed by atoms with Gasteiger partial charge in [-0.2, -0.15) is 0 Å². The molecule has 30 heavy (non-hydrogen) atoms. The zero-order chi connectivity index (χ0) is 22.1. The van der Waals surface area contributed by atoms with Crippen molar-refractivity contribution in [1.29, 1.82) is 0 Å². The van der Waals surface area contributed by atoms with E-state index in [0.29, 0.717) is 6.42 Å². The quantitative estimate of drug-likeness (QED) is 0.477. The van der Waals surface area contributed by atoms with Crippen LogP contribution in [0.4, 0.5) is 0 Å². The maximum absolute atomic E-state index is 12.4. The fourth-order valence-corrected chi connectivity index (χ4v) is 3.66. The number of ketones is 1. The zero-order valence-corrected chi connectivity index (χ0v) is 17.6. The van der Waals surface area contributed by atoms with Crippen LogP contribution in [0, 0.1) is 5.92 Å². The summed E-state index contributed by atoms with van der Waals surface area (Å²) in [5.74, 6) is -3.08. The topological polar surface area (TPSA) is 127 Å². The summed E-state index contributed by atoms with van der Waals surface area (Å²) in [6.45, 7) is 1.52. The fraction of sp³-hybridized carbons (Fsp3) is 0.364. The highest BCUT2D eigenvalue weighted by Crippen LogP contribution is 2.24. The predicted molar refractivity (Wildman–Crippen MR) is 115 cm³/mol. The highest BCUT2D eigenvalue weighted by Gasteiger charge is 2.24. The zero-order valence-electron chi connectivity index (χ0n) is 16.8. The van der Waals surface area contributed by atoms with Gasteiger partial charge in [-0.15, -0.1) is 11.3 Å². The number of rotatable bonds is 12. The Hall–Kier alpha value is -3.00. The fourth-order valence-electron chi connectivity index (χ4n) is 2.93. The van der Waals surface area contributed by atoms with Crippen LogP contribution in [0.1, 0.15) is 38.2 Å². The molecule has 0 aliphatic rings. The molecule has 0 saturated heterocycles. The second-order valence-electron chi connectivity index (χ2n) is 7.20. The molecule has 7 nitrogen and oxygen atoms in total. The van der Waals surface area contributed by atoms with Crippen LogP contribution in [-0.2, 0) is 25.6 Å². The Bertz CT molecular complexity index is 877. The Morgan fingerprint density at radius 1 is 1.10 bits per heavy atom. The molecule has 8 heteroatoms. The van der Waals surface area contributed by atoms with Crippen LogP contribution >= 0.6 is 11.3 Å². The Labute approximate surface area is 179 Å². The third-order valence-electron chi connectivity index (χ3n) is 4.76. The van der Waals surface area contributed by atoms with E-state index in [2.05, 4.69) is 5.32 Å². The van der Waals surface area contributed by atoms with Gasteiger partial charge in [0, 0.05) is 30.1 Å². The van der Waals surface area contributed by atoms with E-state index in [-0.39, 0.29) is 31.6 Å². The smallest absolute Gasteiger partial charge is 0.303 e. The van der Waals surface area contributed by atoms with Gasteiger partial charge in [-0.05, 0) is 35.4 Å². The molecule has 0 radical (unpaired) electrons. The molecule has 0 bridgehead atoms. The van der Waals surface area contributed by atoms with Gasteiger partial charge in [0.1, 0.15) is 0 Å². The number of benzene rings is 1. The summed E-state index contributed by atoms with van der Waals surface area (Å²) >= 11 is 1.66. The molecule has 0 unspecified atom stereocenters. The third kappa shape index (κ3) is 7.44. The molecule has 0 saturated carbocycles. The van der Waals surface area contributed by atoms with E-state index >= 15 is 0 Å². The molecular formula is C22H26N2O5S. The molecule has 2 rings (SSSR count). The maximum Gasteiger partial charge on any atom is 0.303 e. The third-order valence-corrected chi connectivity index (χ3v) is 5.68. The first kappa shape index (κ1) is 23.3. The summed E-state index contributed by atoms with van der Waals surface area (Å²) < 4.78 is 0. The number of thiophene rings is 1. The normalized spacial score (nSPS) is 12.7. The van der Waals surface area contributed by atoms with Crippen molar-refractivity contribution >= 4 is 34.9 Å². The largest absolute Gasteiger partial charge is 0.481 e. The first-order valence-corrected chi connectivity index (χ1v) is 10.6. The first-order valence-electron chi connectivity index (χ1n) is 9.72. The summed E-state index contributed by atoms with van der Waals surface area (Å²) in [6.07, 6.45) is 0.242. The molecule has 1 aromatic heterocycles. The van der Waals surface area contributed by atoms with Crippen LogP contribution in [0.2, 0.25) is 0 Å². The summed E-state index contributed by atoms with van der Waals surface area (Å²) in [5.41, 5.74) is 7.29.